The fourth-order valence-corrected chi connectivity index (χ4v) is 4.12. The molecule has 2 aliphatic rings. The second-order valence-corrected chi connectivity index (χ2v) is 7.48. The number of fused-ring (bicyclic) bond motifs is 1. The number of carbonyl (C=O) groups is 1. The van der Waals surface area contributed by atoms with Crippen LogP contribution in [0.3, 0.4) is 0 Å². The van der Waals surface area contributed by atoms with Crippen molar-refractivity contribution in [3.05, 3.63) is 69.2 Å². The van der Waals surface area contributed by atoms with Gasteiger partial charge >= 0.3 is 0 Å². The van der Waals surface area contributed by atoms with Crippen molar-refractivity contribution in [1.29, 1.82) is 0 Å². The Morgan fingerprint density at radius 1 is 1.04 bits per heavy atom. The fraction of sp³-hybridized carbons (Fsp3) is 0.286. The third-order valence-corrected chi connectivity index (χ3v) is 5.61. The number of carbonyl (C=O) groups excluding carboxylic acids is 1. The summed E-state index contributed by atoms with van der Waals surface area (Å²) in [7, 11) is 0. The van der Waals surface area contributed by atoms with Gasteiger partial charge in [0.15, 0.2) is 0 Å². The molecule has 4 rings (SSSR count). The van der Waals surface area contributed by atoms with E-state index >= 15 is 0 Å². The Bertz CT molecular complexity index is 934. The molecule has 4 nitrogen and oxygen atoms in total. The van der Waals surface area contributed by atoms with Crippen LogP contribution in [0.2, 0.25) is 0 Å². The van der Waals surface area contributed by atoms with E-state index in [4.69, 9.17) is 9.47 Å². The highest BCUT2D eigenvalue weighted by molar-refractivity contribution is 9.12. The van der Waals surface area contributed by atoms with Gasteiger partial charge in [-0.3, -0.25) is 9.69 Å². The minimum absolute atomic E-state index is 0.228. The van der Waals surface area contributed by atoms with Crippen molar-refractivity contribution in [1.82, 2.24) is 4.90 Å². The summed E-state index contributed by atoms with van der Waals surface area (Å²) in [5, 5.41) is 0. The number of hydrogen-bond acceptors (Lipinski definition) is 4. The molecule has 1 aliphatic carbocycles. The summed E-state index contributed by atoms with van der Waals surface area (Å²) < 4.78 is 38.7. The van der Waals surface area contributed by atoms with Crippen molar-refractivity contribution in [2.45, 2.75) is 0 Å². The molecule has 0 unspecified atom stereocenters. The largest absolute Gasteiger partial charge is 0.492 e. The van der Waals surface area contributed by atoms with E-state index in [0.29, 0.717) is 34.6 Å². The normalized spacial score (nSPS) is 17.2. The summed E-state index contributed by atoms with van der Waals surface area (Å²) in [6, 6.07) is 8.45. The second kappa shape index (κ2) is 8.11. The first-order valence-electron chi connectivity index (χ1n) is 9.01. The molecule has 1 saturated heterocycles. The van der Waals surface area contributed by atoms with E-state index in [0.717, 1.165) is 38.9 Å². The molecule has 1 heterocycles. The molecule has 1 aliphatic heterocycles. The van der Waals surface area contributed by atoms with Crippen molar-refractivity contribution in [3.8, 4) is 5.75 Å². The summed E-state index contributed by atoms with van der Waals surface area (Å²) in [6.45, 7) is 4.52. The minimum atomic E-state index is -0.688. The van der Waals surface area contributed by atoms with Crippen molar-refractivity contribution >= 4 is 27.3 Å². The molecule has 0 amide bonds. The van der Waals surface area contributed by atoms with Crippen LogP contribution in [0, 0.1) is 11.6 Å². The zero-order valence-corrected chi connectivity index (χ0v) is 16.6. The summed E-state index contributed by atoms with van der Waals surface area (Å²) in [5.41, 5.74) is 1.88. The molecule has 2 aromatic rings. The zero-order valence-electron chi connectivity index (χ0n) is 15.0. The lowest BCUT2D eigenvalue weighted by Gasteiger charge is -2.26. The molecule has 0 atom stereocenters. The van der Waals surface area contributed by atoms with E-state index < -0.39 is 11.6 Å². The van der Waals surface area contributed by atoms with Crippen molar-refractivity contribution < 1.29 is 23.0 Å². The van der Waals surface area contributed by atoms with E-state index in [-0.39, 0.29) is 10.3 Å². The highest BCUT2D eigenvalue weighted by Gasteiger charge is 2.30. The number of morpholine rings is 1. The number of hydrogen-bond donors (Lipinski definition) is 0. The summed E-state index contributed by atoms with van der Waals surface area (Å²) >= 11 is 3.29. The molecule has 28 heavy (non-hydrogen) atoms. The molecule has 0 saturated carbocycles. The number of halogens is 3. The van der Waals surface area contributed by atoms with Crippen LogP contribution in [-0.4, -0.2) is 50.1 Å². The van der Waals surface area contributed by atoms with Gasteiger partial charge < -0.3 is 9.47 Å². The van der Waals surface area contributed by atoms with Crippen LogP contribution in [0.5, 0.6) is 5.75 Å². The number of ether oxygens (including phenoxy) is 2. The quantitative estimate of drug-likeness (QED) is 0.690. The van der Waals surface area contributed by atoms with Gasteiger partial charge in [0, 0.05) is 36.8 Å². The van der Waals surface area contributed by atoms with Gasteiger partial charge in [-0.15, -0.1) is 0 Å². The minimum Gasteiger partial charge on any atom is -0.492 e. The van der Waals surface area contributed by atoms with Crippen molar-refractivity contribution in [2.24, 2.45) is 0 Å². The molecule has 0 aromatic heterocycles. The first-order valence-corrected chi connectivity index (χ1v) is 9.80. The van der Waals surface area contributed by atoms with Gasteiger partial charge in [-0.2, -0.15) is 0 Å². The molecule has 0 N–H and O–H groups in total. The molecule has 0 spiro atoms. The third-order valence-electron chi connectivity index (χ3n) is 4.86. The summed E-state index contributed by atoms with van der Waals surface area (Å²) in [6.07, 6.45) is 0. The lowest BCUT2D eigenvalue weighted by atomic mass is 9.99. The van der Waals surface area contributed by atoms with E-state index in [1.807, 2.05) is 0 Å². The number of Topliss-reactive ketones (excluding diaryl/α,β-unsaturated/α-hetero) is 1. The van der Waals surface area contributed by atoms with Gasteiger partial charge in [0.1, 0.15) is 24.0 Å². The van der Waals surface area contributed by atoms with Crippen LogP contribution in [0.1, 0.15) is 21.5 Å². The second-order valence-electron chi connectivity index (χ2n) is 6.69. The lowest BCUT2D eigenvalue weighted by Crippen LogP contribution is -2.38. The SMILES string of the molecule is O=C1C(Br)=C(c2cc(F)cc(F)c2)c2ccc(OCCN3CCOCC3)cc21. The van der Waals surface area contributed by atoms with Crippen LogP contribution in [-0.2, 0) is 4.74 Å². The van der Waals surface area contributed by atoms with Gasteiger partial charge in [-0.05, 0) is 57.4 Å². The highest BCUT2D eigenvalue weighted by Crippen LogP contribution is 2.41. The molecule has 2 aromatic carbocycles. The molecule has 0 bridgehead atoms. The smallest absolute Gasteiger partial charge is 0.201 e. The van der Waals surface area contributed by atoms with Crippen LogP contribution in [0.25, 0.3) is 5.57 Å². The van der Waals surface area contributed by atoms with Crippen LogP contribution >= 0.6 is 15.9 Å². The Morgan fingerprint density at radius 3 is 2.46 bits per heavy atom. The molecule has 7 heteroatoms. The van der Waals surface area contributed by atoms with E-state index in [2.05, 4.69) is 20.8 Å². The number of nitrogens with zero attached hydrogens (tertiary/aromatic N) is 1. The molecular weight excluding hydrogens is 432 g/mol. The maximum atomic E-state index is 13.6. The first kappa shape index (κ1) is 19.2. The summed E-state index contributed by atoms with van der Waals surface area (Å²) in [5.74, 6) is -1.01. The number of ketones is 1. The van der Waals surface area contributed by atoms with Gasteiger partial charge in [-0.1, -0.05) is 0 Å². The van der Waals surface area contributed by atoms with Gasteiger partial charge in [0.05, 0.1) is 17.7 Å². The van der Waals surface area contributed by atoms with E-state index in [9.17, 15) is 13.6 Å². The van der Waals surface area contributed by atoms with E-state index in [1.165, 1.54) is 12.1 Å². The topological polar surface area (TPSA) is 38.8 Å². The maximum Gasteiger partial charge on any atom is 0.201 e. The van der Waals surface area contributed by atoms with Gasteiger partial charge in [0.2, 0.25) is 5.78 Å². The Balaban J connectivity index is 1.53. The Morgan fingerprint density at radius 2 is 1.75 bits per heavy atom. The summed E-state index contributed by atoms with van der Waals surface area (Å²) in [4.78, 5) is 14.9. The van der Waals surface area contributed by atoms with Crippen molar-refractivity contribution in [2.75, 3.05) is 39.5 Å². The molecule has 146 valence electrons. The predicted molar refractivity (Wildman–Crippen MR) is 105 cm³/mol. The van der Waals surface area contributed by atoms with Crippen LogP contribution in [0.15, 0.2) is 40.9 Å². The standard InChI is InChI=1S/C21H18BrF2NO3/c22-20-19(13-9-14(23)11-15(24)10-13)17-2-1-16(12-18(17)21(20)26)28-8-5-25-3-6-27-7-4-25/h1-2,9-12H,3-8H2. The highest BCUT2D eigenvalue weighted by atomic mass is 79.9. The molecule has 1 fully saturated rings. The lowest BCUT2D eigenvalue weighted by molar-refractivity contribution is 0.0322. The fourth-order valence-electron chi connectivity index (χ4n) is 3.47. The number of benzene rings is 2. The Kier molecular flexibility index (Phi) is 5.57. The van der Waals surface area contributed by atoms with Gasteiger partial charge in [0.25, 0.3) is 0 Å². The monoisotopic (exact) mass is 449 g/mol. The zero-order chi connectivity index (χ0) is 19.7. The maximum absolute atomic E-state index is 13.6. The van der Waals surface area contributed by atoms with Crippen LogP contribution in [0.4, 0.5) is 8.78 Å². The average Bonchev–Trinajstić information content (AvgIpc) is 2.92. The average molecular weight is 450 g/mol. The third kappa shape index (κ3) is 3.87. The van der Waals surface area contributed by atoms with Gasteiger partial charge in [-0.25, -0.2) is 8.78 Å². The van der Waals surface area contributed by atoms with Crippen LogP contribution < -0.4 is 4.74 Å². The molecular formula is C21H18BrF2NO3. The number of allylic oxidation sites excluding steroid dienone is 1. The van der Waals surface area contributed by atoms with E-state index in [1.54, 1.807) is 18.2 Å². The molecule has 0 radical (unpaired) electrons. The Hall–Kier alpha value is -2.09. The Labute approximate surface area is 169 Å². The predicted octanol–water partition coefficient (Wildman–Crippen LogP) is 4.03. The van der Waals surface area contributed by atoms with Crippen molar-refractivity contribution in [3.63, 3.8) is 0 Å². The number of rotatable bonds is 5. The first-order chi connectivity index (χ1) is 13.5.